The van der Waals surface area contributed by atoms with Crippen LogP contribution in [0.4, 0.5) is 8.78 Å². The normalized spacial score (nSPS) is 28.7. The molecule has 0 spiro atoms. The van der Waals surface area contributed by atoms with Gasteiger partial charge in [-0.2, -0.15) is 13.9 Å². The zero-order valence-corrected chi connectivity index (χ0v) is 14.4. The minimum absolute atomic E-state index is 0.0230. The van der Waals surface area contributed by atoms with Crippen molar-refractivity contribution < 1.29 is 17.2 Å². The third-order valence-electron chi connectivity index (χ3n) is 5.49. The van der Waals surface area contributed by atoms with Gasteiger partial charge in [0.15, 0.2) is 0 Å². The van der Waals surface area contributed by atoms with E-state index in [0.717, 1.165) is 12.3 Å². The number of halogens is 2. The predicted molar refractivity (Wildman–Crippen MR) is 81.7 cm³/mol. The highest BCUT2D eigenvalue weighted by Crippen LogP contribution is 2.49. The highest BCUT2D eigenvalue weighted by atomic mass is 32.2. The Labute approximate surface area is 135 Å². The van der Waals surface area contributed by atoms with Gasteiger partial charge < -0.3 is 0 Å². The first kappa shape index (κ1) is 16.8. The first-order valence-electron chi connectivity index (χ1n) is 8.07. The van der Waals surface area contributed by atoms with Crippen LogP contribution >= 0.6 is 0 Å². The van der Waals surface area contributed by atoms with Crippen molar-refractivity contribution in [2.24, 2.45) is 17.8 Å². The Balaban J connectivity index is 1.82. The molecular weight excluding hydrogens is 324 g/mol. The van der Waals surface area contributed by atoms with E-state index in [0.29, 0.717) is 16.5 Å². The summed E-state index contributed by atoms with van der Waals surface area (Å²) in [7, 11) is -3.85. The molecule has 130 valence electrons. The molecule has 3 rings (SSSR count). The molecule has 2 fully saturated rings. The van der Waals surface area contributed by atoms with Crippen LogP contribution in [0.25, 0.3) is 0 Å². The van der Waals surface area contributed by atoms with Crippen LogP contribution in [0, 0.1) is 31.6 Å². The van der Waals surface area contributed by atoms with E-state index in [2.05, 4.69) is 9.82 Å². The number of hydrogen-bond donors (Lipinski definition) is 1. The second-order valence-electron chi connectivity index (χ2n) is 6.97. The second kappa shape index (κ2) is 5.81. The van der Waals surface area contributed by atoms with Gasteiger partial charge in [0.2, 0.25) is 10.0 Å². The number of aryl methyl sites for hydroxylation is 1. The molecule has 1 N–H and O–H groups in total. The van der Waals surface area contributed by atoms with Crippen LogP contribution in [-0.4, -0.2) is 24.2 Å². The van der Waals surface area contributed by atoms with Gasteiger partial charge in [-0.05, 0) is 57.8 Å². The molecule has 8 heteroatoms. The second-order valence-corrected chi connectivity index (χ2v) is 8.62. The van der Waals surface area contributed by atoms with Crippen LogP contribution in [0.3, 0.4) is 0 Å². The lowest BCUT2D eigenvalue weighted by molar-refractivity contribution is 0.0538. The molecule has 0 aliphatic heterocycles. The summed E-state index contributed by atoms with van der Waals surface area (Å²) in [5, 5.41) is 3.67. The van der Waals surface area contributed by atoms with Gasteiger partial charge in [0.05, 0.1) is 11.4 Å². The van der Waals surface area contributed by atoms with Crippen LogP contribution in [0.2, 0.25) is 0 Å². The third-order valence-corrected chi connectivity index (χ3v) is 7.30. The van der Waals surface area contributed by atoms with Crippen molar-refractivity contribution in [1.29, 1.82) is 0 Å². The minimum Gasteiger partial charge on any atom is -0.208 e. The quantitative estimate of drug-likeness (QED) is 0.890. The van der Waals surface area contributed by atoms with Crippen LogP contribution < -0.4 is 4.72 Å². The van der Waals surface area contributed by atoms with Crippen LogP contribution in [0.15, 0.2) is 4.90 Å². The molecule has 2 saturated carbocycles. The Kier molecular flexibility index (Phi) is 4.25. The van der Waals surface area contributed by atoms with Crippen molar-refractivity contribution in [3.05, 3.63) is 11.4 Å². The summed E-state index contributed by atoms with van der Waals surface area (Å²) in [6.45, 7) is 1.84. The number of nitrogens with zero attached hydrogens (tertiary/aromatic N) is 2. The number of rotatable bonds is 5. The topological polar surface area (TPSA) is 64.0 Å². The van der Waals surface area contributed by atoms with Crippen molar-refractivity contribution in [2.75, 3.05) is 0 Å². The first-order valence-corrected chi connectivity index (χ1v) is 9.55. The van der Waals surface area contributed by atoms with Crippen molar-refractivity contribution in [3.8, 4) is 0 Å². The molecule has 23 heavy (non-hydrogen) atoms. The van der Waals surface area contributed by atoms with Crippen molar-refractivity contribution in [1.82, 2.24) is 14.5 Å². The Morgan fingerprint density at radius 1 is 1.26 bits per heavy atom. The molecule has 1 aromatic heterocycles. The average molecular weight is 347 g/mol. The molecule has 0 aromatic carbocycles. The van der Waals surface area contributed by atoms with E-state index in [1.807, 2.05) is 6.92 Å². The van der Waals surface area contributed by atoms with Crippen molar-refractivity contribution in [2.45, 2.75) is 63.9 Å². The fraction of sp³-hybridized carbons (Fsp3) is 0.800. The molecule has 0 unspecified atom stereocenters. The summed E-state index contributed by atoms with van der Waals surface area (Å²) in [5.41, 5.74) is 0.0839. The molecule has 0 amide bonds. The predicted octanol–water partition coefficient (Wildman–Crippen LogP) is 3.00. The Bertz CT molecular complexity index is 702. The summed E-state index contributed by atoms with van der Waals surface area (Å²) < 4.78 is 54.3. The van der Waals surface area contributed by atoms with Gasteiger partial charge in [-0.15, -0.1) is 0 Å². The van der Waals surface area contributed by atoms with Crippen molar-refractivity contribution >= 4 is 10.0 Å². The molecule has 2 aliphatic carbocycles. The number of alkyl halides is 2. The van der Waals surface area contributed by atoms with E-state index in [4.69, 9.17) is 0 Å². The number of nitrogens with one attached hydrogen (secondary N) is 1. The van der Waals surface area contributed by atoms with Crippen LogP contribution in [0.5, 0.6) is 0 Å². The Hall–Kier alpha value is -1.02. The van der Waals surface area contributed by atoms with Gasteiger partial charge in [-0.1, -0.05) is 6.42 Å². The molecule has 1 aromatic rings. The number of hydrogen-bond acceptors (Lipinski definition) is 3. The zero-order chi connectivity index (χ0) is 16.9. The standard InChI is InChI=1S/C15H23F2N3O2S/c1-8(13-7-11-4-5-12(13)6-11)19-23(21,22)14-9(2)18-20(10(14)3)15(16)17/h8,11-13,15,19H,4-7H2,1-3H3/t8-,11-,12-,13+/m0/s1. The van der Waals surface area contributed by atoms with E-state index < -0.39 is 16.6 Å². The fourth-order valence-electron chi connectivity index (χ4n) is 4.52. The van der Waals surface area contributed by atoms with Gasteiger partial charge in [0, 0.05) is 6.04 Å². The zero-order valence-electron chi connectivity index (χ0n) is 13.6. The van der Waals surface area contributed by atoms with Crippen LogP contribution in [0.1, 0.15) is 50.5 Å². The van der Waals surface area contributed by atoms with Gasteiger partial charge in [-0.3, -0.25) is 0 Å². The Morgan fingerprint density at radius 3 is 2.43 bits per heavy atom. The van der Waals surface area contributed by atoms with E-state index >= 15 is 0 Å². The molecule has 5 nitrogen and oxygen atoms in total. The summed E-state index contributed by atoms with van der Waals surface area (Å²) in [4.78, 5) is -0.118. The maximum absolute atomic E-state index is 12.9. The molecule has 1 heterocycles. The summed E-state index contributed by atoms with van der Waals surface area (Å²) in [6.07, 6.45) is 4.67. The monoisotopic (exact) mass is 347 g/mol. The Morgan fingerprint density at radius 2 is 1.96 bits per heavy atom. The lowest BCUT2D eigenvalue weighted by atomic mass is 9.84. The van der Waals surface area contributed by atoms with Crippen LogP contribution in [-0.2, 0) is 10.0 Å². The smallest absolute Gasteiger partial charge is 0.208 e. The van der Waals surface area contributed by atoms with Gasteiger partial charge >= 0.3 is 6.55 Å². The van der Waals surface area contributed by atoms with E-state index in [-0.39, 0.29) is 22.3 Å². The van der Waals surface area contributed by atoms with E-state index in [1.165, 1.54) is 33.1 Å². The molecular formula is C15H23F2N3O2S. The highest BCUT2D eigenvalue weighted by Gasteiger charge is 2.43. The molecule has 2 aliphatic rings. The SMILES string of the molecule is Cc1nn(C(F)F)c(C)c1S(=O)(=O)N[C@@H](C)[C@H]1C[C@H]2CC[C@H]1C2. The number of fused-ring (bicyclic) bond motifs is 2. The summed E-state index contributed by atoms with van der Waals surface area (Å²) >= 11 is 0. The largest absolute Gasteiger partial charge is 0.333 e. The molecule has 4 atom stereocenters. The minimum atomic E-state index is -3.85. The summed E-state index contributed by atoms with van der Waals surface area (Å²) in [5.74, 6) is 1.65. The number of aromatic nitrogens is 2. The molecule has 0 radical (unpaired) electrons. The lowest BCUT2D eigenvalue weighted by Crippen LogP contribution is -2.40. The average Bonchev–Trinajstić information content (AvgIpc) is 3.12. The maximum Gasteiger partial charge on any atom is 0.333 e. The van der Waals surface area contributed by atoms with Crippen molar-refractivity contribution in [3.63, 3.8) is 0 Å². The maximum atomic E-state index is 12.9. The number of sulfonamides is 1. The lowest BCUT2D eigenvalue weighted by Gasteiger charge is -2.28. The first-order chi connectivity index (χ1) is 10.7. The fourth-order valence-corrected chi connectivity index (χ4v) is 6.22. The van der Waals surface area contributed by atoms with Gasteiger partial charge in [0.1, 0.15) is 4.90 Å². The van der Waals surface area contributed by atoms with Gasteiger partial charge in [-0.25, -0.2) is 17.8 Å². The molecule has 2 bridgehead atoms. The van der Waals surface area contributed by atoms with Gasteiger partial charge in [0.25, 0.3) is 0 Å². The van der Waals surface area contributed by atoms with E-state index in [9.17, 15) is 17.2 Å². The molecule has 0 saturated heterocycles. The third kappa shape index (κ3) is 2.91. The summed E-state index contributed by atoms with van der Waals surface area (Å²) in [6, 6.07) is -0.191. The highest BCUT2D eigenvalue weighted by molar-refractivity contribution is 7.89. The van der Waals surface area contributed by atoms with E-state index in [1.54, 1.807) is 0 Å².